The van der Waals surface area contributed by atoms with Crippen molar-refractivity contribution in [3.05, 3.63) is 176 Å². The molecule has 10 rings (SSSR count). The third-order valence-electron chi connectivity index (χ3n) is 9.69. The van der Waals surface area contributed by atoms with Crippen LogP contribution in [0.15, 0.2) is 176 Å². The Balaban J connectivity index is 1.09. The Morgan fingerprint density at radius 3 is 1.63 bits per heavy atom. The Bertz CT molecular complexity index is 2910. The van der Waals surface area contributed by atoms with Crippen molar-refractivity contribution in [2.75, 3.05) is 0 Å². The summed E-state index contributed by atoms with van der Waals surface area (Å²) in [5.74, 6) is 1.97. The topological polar surface area (TPSA) is 38.7 Å². The SMILES string of the molecule is c1ccc(-c2nc(-c3cccc(-c4ccc(-c5ccc6ccccc6c5)cc4)c3)nc(-c3cccc4sc5cc6ccccc6cc5c34)n2)cc1. The monoisotopic (exact) mass is 667 g/mol. The van der Waals surface area contributed by atoms with Crippen LogP contribution in [0.4, 0.5) is 0 Å². The van der Waals surface area contributed by atoms with E-state index >= 15 is 0 Å². The minimum Gasteiger partial charge on any atom is -0.208 e. The first-order chi connectivity index (χ1) is 25.2. The van der Waals surface area contributed by atoms with Gasteiger partial charge in [0.15, 0.2) is 17.5 Å². The summed E-state index contributed by atoms with van der Waals surface area (Å²) in [6, 6.07) is 62.3. The van der Waals surface area contributed by atoms with Crippen LogP contribution in [-0.2, 0) is 0 Å². The molecular weight excluding hydrogens is 639 g/mol. The number of hydrogen-bond donors (Lipinski definition) is 0. The van der Waals surface area contributed by atoms with Gasteiger partial charge in [0.05, 0.1) is 0 Å². The molecule has 0 atom stereocenters. The Labute approximate surface area is 299 Å². The standard InChI is InChI=1S/C47H29N3S/c1-2-11-33(12-3-1)45-48-46(50-47(49-45)40-18-9-19-42-44(40)41-28-36-14-6-7-15-37(36)29-43(41)51-42)39-17-8-16-35(27-39)31-20-22-32(23-21-31)38-25-24-30-10-4-5-13-34(30)26-38/h1-29H. The Hall–Kier alpha value is -6.49. The molecule has 8 aromatic carbocycles. The van der Waals surface area contributed by atoms with Gasteiger partial charge in [0.2, 0.25) is 0 Å². The maximum atomic E-state index is 5.19. The quantitative estimate of drug-likeness (QED) is 0.183. The molecule has 0 saturated heterocycles. The third kappa shape index (κ3) is 5.34. The minimum absolute atomic E-state index is 0.649. The molecule has 238 valence electrons. The number of thiophene rings is 1. The number of aromatic nitrogens is 3. The summed E-state index contributed by atoms with van der Waals surface area (Å²) in [6.45, 7) is 0. The molecule has 0 unspecified atom stereocenters. The normalized spacial score (nSPS) is 11.5. The molecule has 0 spiro atoms. The summed E-state index contributed by atoms with van der Waals surface area (Å²) in [6.07, 6.45) is 0. The highest BCUT2D eigenvalue weighted by molar-refractivity contribution is 7.26. The van der Waals surface area contributed by atoms with Gasteiger partial charge in [-0.15, -0.1) is 11.3 Å². The van der Waals surface area contributed by atoms with Crippen LogP contribution in [0.2, 0.25) is 0 Å². The van der Waals surface area contributed by atoms with Crippen LogP contribution in [-0.4, -0.2) is 15.0 Å². The fourth-order valence-electron chi connectivity index (χ4n) is 7.10. The number of benzene rings is 8. The Kier molecular flexibility index (Phi) is 7.00. The molecule has 4 heteroatoms. The molecule has 0 bridgehead atoms. The van der Waals surface area contributed by atoms with Gasteiger partial charge in [0, 0.05) is 36.9 Å². The van der Waals surface area contributed by atoms with Crippen LogP contribution < -0.4 is 0 Å². The van der Waals surface area contributed by atoms with Crippen molar-refractivity contribution in [3.8, 4) is 56.4 Å². The molecule has 2 heterocycles. The lowest BCUT2D eigenvalue weighted by atomic mass is 9.97. The fourth-order valence-corrected chi connectivity index (χ4v) is 8.26. The maximum absolute atomic E-state index is 5.19. The lowest BCUT2D eigenvalue weighted by Crippen LogP contribution is -2.00. The zero-order chi connectivity index (χ0) is 33.7. The van der Waals surface area contributed by atoms with Crippen molar-refractivity contribution in [2.24, 2.45) is 0 Å². The summed E-state index contributed by atoms with van der Waals surface area (Å²) in [5, 5.41) is 7.37. The van der Waals surface area contributed by atoms with Crippen molar-refractivity contribution >= 4 is 53.1 Å². The summed E-state index contributed by atoms with van der Waals surface area (Å²) >= 11 is 1.81. The number of rotatable bonds is 5. The van der Waals surface area contributed by atoms with Gasteiger partial charge in [0.1, 0.15) is 0 Å². The molecule has 0 saturated carbocycles. The molecule has 0 aliphatic heterocycles. The van der Waals surface area contributed by atoms with Crippen molar-refractivity contribution < 1.29 is 0 Å². The highest BCUT2D eigenvalue weighted by atomic mass is 32.1. The van der Waals surface area contributed by atoms with Crippen LogP contribution in [0.5, 0.6) is 0 Å². The largest absolute Gasteiger partial charge is 0.208 e. The van der Waals surface area contributed by atoms with Crippen LogP contribution in [0.25, 0.3) is 98.1 Å². The van der Waals surface area contributed by atoms with E-state index in [-0.39, 0.29) is 0 Å². The second-order valence-electron chi connectivity index (χ2n) is 12.9. The maximum Gasteiger partial charge on any atom is 0.164 e. The van der Waals surface area contributed by atoms with Gasteiger partial charge in [-0.3, -0.25) is 0 Å². The van der Waals surface area contributed by atoms with E-state index in [2.05, 4.69) is 158 Å². The lowest BCUT2D eigenvalue weighted by molar-refractivity contribution is 1.08. The first-order valence-corrected chi connectivity index (χ1v) is 17.9. The number of hydrogen-bond acceptors (Lipinski definition) is 4. The Morgan fingerprint density at radius 1 is 0.314 bits per heavy atom. The van der Waals surface area contributed by atoms with Gasteiger partial charge < -0.3 is 0 Å². The average Bonchev–Trinajstić information content (AvgIpc) is 3.57. The van der Waals surface area contributed by atoms with Crippen molar-refractivity contribution in [2.45, 2.75) is 0 Å². The number of fused-ring (bicyclic) bond motifs is 5. The molecule has 0 amide bonds. The van der Waals surface area contributed by atoms with E-state index in [1.54, 1.807) is 0 Å². The van der Waals surface area contributed by atoms with E-state index in [1.807, 2.05) is 29.5 Å². The summed E-state index contributed by atoms with van der Waals surface area (Å²) in [4.78, 5) is 15.4. The first kappa shape index (κ1) is 29.4. The van der Waals surface area contributed by atoms with E-state index in [0.29, 0.717) is 17.5 Å². The molecule has 2 aromatic heterocycles. The molecule has 0 aliphatic rings. The summed E-state index contributed by atoms with van der Waals surface area (Å²) in [7, 11) is 0. The summed E-state index contributed by atoms with van der Waals surface area (Å²) < 4.78 is 2.48. The molecule has 0 aliphatic carbocycles. The van der Waals surface area contributed by atoms with Crippen LogP contribution >= 0.6 is 11.3 Å². The molecule has 0 fully saturated rings. The van der Waals surface area contributed by atoms with Gasteiger partial charge in [0.25, 0.3) is 0 Å². The van der Waals surface area contributed by atoms with Crippen LogP contribution in [0.1, 0.15) is 0 Å². The first-order valence-electron chi connectivity index (χ1n) is 17.1. The molecule has 10 aromatic rings. The smallest absolute Gasteiger partial charge is 0.164 e. The average molecular weight is 668 g/mol. The van der Waals surface area contributed by atoms with Gasteiger partial charge >= 0.3 is 0 Å². The highest BCUT2D eigenvalue weighted by Crippen LogP contribution is 2.41. The predicted octanol–water partition coefficient (Wildman–Crippen LogP) is 12.9. The van der Waals surface area contributed by atoms with E-state index in [0.717, 1.165) is 27.8 Å². The molecule has 51 heavy (non-hydrogen) atoms. The Morgan fingerprint density at radius 2 is 0.863 bits per heavy atom. The highest BCUT2D eigenvalue weighted by Gasteiger charge is 2.18. The zero-order valence-electron chi connectivity index (χ0n) is 27.5. The van der Waals surface area contributed by atoms with Gasteiger partial charge in [-0.1, -0.05) is 146 Å². The number of nitrogens with zero attached hydrogens (tertiary/aromatic N) is 3. The molecule has 0 radical (unpaired) electrons. The second kappa shape index (κ2) is 12.1. The fraction of sp³-hybridized carbons (Fsp3) is 0. The van der Waals surface area contributed by atoms with E-state index in [9.17, 15) is 0 Å². The van der Waals surface area contributed by atoms with E-state index in [4.69, 9.17) is 15.0 Å². The van der Waals surface area contributed by atoms with E-state index < -0.39 is 0 Å². The van der Waals surface area contributed by atoms with Crippen LogP contribution in [0.3, 0.4) is 0 Å². The van der Waals surface area contributed by atoms with Gasteiger partial charge in [-0.05, 0) is 74.1 Å². The third-order valence-corrected chi connectivity index (χ3v) is 10.8. The second-order valence-corrected chi connectivity index (χ2v) is 14.0. The summed E-state index contributed by atoms with van der Waals surface area (Å²) in [5.41, 5.74) is 7.56. The molecule has 3 nitrogen and oxygen atoms in total. The van der Waals surface area contributed by atoms with E-state index in [1.165, 1.54) is 52.8 Å². The minimum atomic E-state index is 0.649. The molecule has 0 N–H and O–H groups in total. The van der Waals surface area contributed by atoms with Crippen LogP contribution in [0, 0.1) is 0 Å². The van der Waals surface area contributed by atoms with Crippen molar-refractivity contribution in [1.29, 1.82) is 0 Å². The van der Waals surface area contributed by atoms with Gasteiger partial charge in [-0.2, -0.15) is 0 Å². The lowest BCUT2D eigenvalue weighted by Gasteiger charge is -2.11. The van der Waals surface area contributed by atoms with Gasteiger partial charge in [-0.25, -0.2) is 15.0 Å². The predicted molar refractivity (Wildman–Crippen MR) is 215 cm³/mol. The van der Waals surface area contributed by atoms with Crippen molar-refractivity contribution in [3.63, 3.8) is 0 Å². The van der Waals surface area contributed by atoms with Crippen molar-refractivity contribution in [1.82, 2.24) is 15.0 Å². The zero-order valence-corrected chi connectivity index (χ0v) is 28.3. The molecular formula is C47H29N3S.